The van der Waals surface area contributed by atoms with E-state index in [-0.39, 0.29) is 28.8 Å². The van der Waals surface area contributed by atoms with Gasteiger partial charge >= 0.3 is 0 Å². The van der Waals surface area contributed by atoms with Crippen LogP contribution in [0.4, 0.5) is 5.82 Å². The first-order chi connectivity index (χ1) is 13.4. The smallest absolute Gasteiger partial charge is 0.250 e. The molecule has 1 spiro atoms. The first-order valence-corrected chi connectivity index (χ1v) is 9.42. The standard InChI is InChI=1S/C21H24N4O3/c1-13-2-4-14(5-3-13)8-18(26)25-11-17(21(12-25)6-7-21)28-16-9-15(20(23)27)10-24-19(16)22/h2-5,9-10,17H,6-8,11-12H2,1H3,(H2,22,24)(H2,23,27). The van der Waals surface area contributed by atoms with E-state index in [1.54, 1.807) is 0 Å². The van der Waals surface area contributed by atoms with Crippen LogP contribution in [0.3, 0.4) is 0 Å². The monoisotopic (exact) mass is 380 g/mol. The largest absolute Gasteiger partial charge is 0.484 e. The van der Waals surface area contributed by atoms with Gasteiger partial charge in [0, 0.05) is 18.2 Å². The average molecular weight is 380 g/mol. The Hall–Kier alpha value is -3.09. The summed E-state index contributed by atoms with van der Waals surface area (Å²) in [6, 6.07) is 9.54. The predicted molar refractivity (Wildman–Crippen MR) is 105 cm³/mol. The molecule has 1 unspecified atom stereocenters. The van der Waals surface area contributed by atoms with Crippen LogP contribution in [-0.2, 0) is 11.2 Å². The van der Waals surface area contributed by atoms with Crippen LogP contribution >= 0.6 is 0 Å². The highest BCUT2D eigenvalue weighted by atomic mass is 16.5. The van der Waals surface area contributed by atoms with Gasteiger partial charge in [-0.3, -0.25) is 9.59 Å². The van der Waals surface area contributed by atoms with E-state index in [0.29, 0.717) is 25.3 Å². The van der Waals surface area contributed by atoms with Crippen molar-refractivity contribution >= 4 is 17.6 Å². The Morgan fingerprint density at radius 1 is 1.29 bits per heavy atom. The van der Waals surface area contributed by atoms with Gasteiger partial charge in [-0.05, 0) is 31.4 Å². The summed E-state index contributed by atoms with van der Waals surface area (Å²) in [6.07, 6.45) is 3.57. The summed E-state index contributed by atoms with van der Waals surface area (Å²) in [6.45, 7) is 3.22. The summed E-state index contributed by atoms with van der Waals surface area (Å²) in [5.41, 5.74) is 13.6. The molecule has 0 radical (unpaired) electrons. The van der Waals surface area contributed by atoms with E-state index >= 15 is 0 Å². The number of carbonyl (C=O) groups excluding carboxylic acids is 2. The minimum atomic E-state index is -0.584. The van der Waals surface area contributed by atoms with Gasteiger partial charge in [-0.25, -0.2) is 4.98 Å². The van der Waals surface area contributed by atoms with Crippen LogP contribution in [0.2, 0.25) is 0 Å². The molecule has 4 rings (SSSR count). The molecule has 1 saturated heterocycles. The number of aryl methyl sites for hydroxylation is 1. The summed E-state index contributed by atoms with van der Waals surface area (Å²) < 4.78 is 6.13. The van der Waals surface area contributed by atoms with Crippen LogP contribution in [0, 0.1) is 12.3 Å². The van der Waals surface area contributed by atoms with Gasteiger partial charge in [-0.2, -0.15) is 0 Å². The summed E-state index contributed by atoms with van der Waals surface area (Å²) in [5.74, 6) is 0.0728. The molecule has 146 valence electrons. The number of anilines is 1. The topological polar surface area (TPSA) is 112 Å². The Labute approximate surface area is 163 Å². The second-order valence-corrected chi connectivity index (χ2v) is 7.88. The Bertz CT molecular complexity index is 922. The van der Waals surface area contributed by atoms with E-state index in [0.717, 1.165) is 18.4 Å². The SMILES string of the molecule is Cc1ccc(CC(=O)N2CC(Oc3cc(C(N)=O)cnc3N)C3(CC3)C2)cc1. The average Bonchev–Trinajstić information content (AvgIpc) is 3.35. The molecule has 1 aromatic carbocycles. The van der Waals surface area contributed by atoms with Gasteiger partial charge in [0.25, 0.3) is 0 Å². The molecule has 2 amide bonds. The molecule has 1 saturated carbocycles. The number of pyridine rings is 1. The van der Waals surface area contributed by atoms with Crippen molar-refractivity contribution in [3.05, 3.63) is 53.2 Å². The molecular formula is C21H24N4O3. The van der Waals surface area contributed by atoms with Crippen molar-refractivity contribution in [2.75, 3.05) is 18.8 Å². The van der Waals surface area contributed by atoms with Crippen molar-refractivity contribution in [2.45, 2.75) is 32.3 Å². The number of hydrogen-bond donors (Lipinski definition) is 2. The fraction of sp³-hybridized carbons (Fsp3) is 0.381. The van der Waals surface area contributed by atoms with E-state index in [2.05, 4.69) is 4.98 Å². The number of nitrogens with zero attached hydrogens (tertiary/aromatic N) is 2. The van der Waals surface area contributed by atoms with Crippen molar-refractivity contribution < 1.29 is 14.3 Å². The molecule has 1 aliphatic carbocycles. The first kappa shape index (κ1) is 18.3. The molecule has 7 nitrogen and oxygen atoms in total. The molecule has 2 aromatic rings. The third-order valence-corrected chi connectivity index (χ3v) is 5.73. The molecule has 1 aromatic heterocycles. The minimum absolute atomic E-state index is 0.0297. The van der Waals surface area contributed by atoms with Gasteiger partial charge in [0.1, 0.15) is 6.10 Å². The molecule has 28 heavy (non-hydrogen) atoms. The minimum Gasteiger partial charge on any atom is -0.484 e. The first-order valence-electron chi connectivity index (χ1n) is 9.42. The van der Waals surface area contributed by atoms with Gasteiger partial charge < -0.3 is 21.1 Å². The summed E-state index contributed by atoms with van der Waals surface area (Å²) >= 11 is 0. The van der Waals surface area contributed by atoms with Gasteiger partial charge in [-0.1, -0.05) is 29.8 Å². The van der Waals surface area contributed by atoms with E-state index < -0.39 is 5.91 Å². The number of likely N-dealkylation sites (tertiary alicyclic amines) is 1. The fourth-order valence-corrected chi connectivity index (χ4v) is 3.76. The predicted octanol–water partition coefficient (Wildman–Crippen LogP) is 1.68. The zero-order valence-corrected chi connectivity index (χ0v) is 15.9. The number of rotatable bonds is 5. The molecule has 2 fully saturated rings. The van der Waals surface area contributed by atoms with Crippen LogP contribution in [0.25, 0.3) is 0 Å². The molecule has 7 heteroatoms. The zero-order chi connectivity index (χ0) is 19.9. The molecular weight excluding hydrogens is 356 g/mol. The number of aromatic nitrogens is 1. The number of primary amides is 1. The van der Waals surface area contributed by atoms with Gasteiger partial charge in [0.05, 0.1) is 18.5 Å². The van der Waals surface area contributed by atoms with Crippen molar-refractivity contribution in [1.82, 2.24) is 9.88 Å². The van der Waals surface area contributed by atoms with Gasteiger partial charge in [0.15, 0.2) is 11.6 Å². The second-order valence-electron chi connectivity index (χ2n) is 7.88. The third kappa shape index (κ3) is 3.52. The zero-order valence-electron chi connectivity index (χ0n) is 15.9. The van der Waals surface area contributed by atoms with Crippen molar-refractivity contribution in [1.29, 1.82) is 0 Å². The Morgan fingerprint density at radius 2 is 2.00 bits per heavy atom. The maximum absolute atomic E-state index is 12.8. The molecule has 2 aliphatic rings. The Morgan fingerprint density at radius 3 is 2.64 bits per heavy atom. The summed E-state index contributed by atoms with van der Waals surface area (Å²) in [5, 5.41) is 0. The Kier molecular flexibility index (Phi) is 4.45. The summed E-state index contributed by atoms with van der Waals surface area (Å²) in [7, 11) is 0. The van der Waals surface area contributed by atoms with E-state index in [1.807, 2.05) is 36.1 Å². The quantitative estimate of drug-likeness (QED) is 0.820. The number of carbonyl (C=O) groups is 2. The van der Waals surface area contributed by atoms with Gasteiger partial charge in [-0.15, -0.1) is 0 Å². The summed E-state index contributed by atoms with van der Waals surface area (Å²) in [4.78, 5) is 30.1. The molecule has 2 heterocycles. The highest BCUT2D eigenvalue weighted by Gasteiger charge is 2.57. The number of nitrogen functional groups attached to an aromatic ring is 1. The third-order valence-electron chi connectivity index (χ3n) is 5.73. The lowest BCUT2D eigenvalue weighted by Crippen LogP contribution is -2.32. The lowest BCUT2D eigenvalue weighted by molar-refractivity contribution is -0.129. The normalized spacial score (nSPS) is 19.6. The highest BCUT2D eigenvalue weighted by molar-refractivity contribution is 5.93. The van der Waals surface area contributed by atoms with Crippen LogP contribution < -0.4 is 16.2 Å². The van der Waals surface area contributed by atoms with Crippen LogP contribution in [-0.4, -0.2) is 40.9 Å². The molecule has 1 atom stereocenters. The van der Waals surface area contributed by atoms with Gasteiger partial charge in [0.2, 0.25) is 11.8 Å². The van der Waals surface area contributed by atoms with E-state index in [4.69, 9.17) is 16.2 Å². The van der Waals surface area contributed by atoms with Crippen molar-refractivity contribution in [3.8, 4) is 5.75 Å². The van der Waals surface area contributed by atoms with E-state index in [9.17, 15) is 9.59 Å². The number of nitrogens with two attached hydrogens (primary N) is 2. The van der Waals surface area contributed by atoms with Crippen LogP contribution in [0.15, 0.2) is 36.5 Å². The fourth-order valence-electron chi connectivity index (χ4n) is 3.76. The lowest BCUT2D eigenvalue weighted by Gasteiger charge is -2.20. The number of ether oxygens (including phenoxy) is 1. The van der Waals surface area contributed by atoms with E-state index in [1.165, 1.54) is 17.8 Å². The molecule has 0 bridgehead atoms. The van der Waals surface area contributed by atoms with Crippen LogP contribution in [0.5, 0.6) is 5.75 Å². The highest BCUT2D eigenvalue weighted by Crippen LogP contribution is 2.54. The van der Waals surface area contributed by atoms with Crippen molar-refractivity contribution in [3.63, 3.8) is 0 Å². The number of hydrogen-bond acceptors (Lipinski definition) is 5. The van der Waals surface area contributed by atoms with Crippen LogP contribution in [0.1, 0.15) is 34.3 Å². The number of amides is 2. The maximum Gasteiger partial charge on any atom is 0.250 e. The molecule has 1 aliphatic heterocycles. The number of benzene rings is 1. The molecule has 4 N–H and O–H groups in total. The van der Waals surface area contributed by atoms with Crippen molar-refractivity contribution in [2.24, 2.45) is 11.1 Å². The second kappa shape index (κ2) is 6.82. The maximum atomic E-state index is 12.8. The lowest BCUT2D eigenvalue weighted by atomic mass is 10.0. The Balaban J connectivity index is 1.47.